The predicted molar refractivity (Wildman–Crippen MR) is 117 cm³/mol. The van der Waals surface area contributed by atoms with E-state index in [0.717, 1.165) is 32.1 Å². The van der Waals surface area contributed by atoms with Gasteiger partial charge in [0.05, 0.1) is 0 Å². The van der Waals surface area contributed by atoms with Gasteiger partial charge in [0.1, 0.15) is 12.3 Å². The Kier molecular flexibility index (Phi) is 5.30. The molecule has 5 unspecified atom stereocenters. The molecule has 0 aromatic carbocycles. The summed E-state index contributed by atoms with van der Waals surface area (Å²) in [6.07, 6.45) is 8.68. The minimum Gasteiger partial charge on any atom is -0.449 e. The molecule has 0 amide bonds. The van der Waals surface area contributed by atoms with Crippen LogP contribution in [0.4, 0.5) is 0 Å². The molecule has 4 aliphatic rings. The van der Waals surface area contributed by atoms with Crippen LogP contribution in [0.25, 0.3) is 0 Å². The summed E-state index contributed by atoms with van der Waals surface area (Å²) >= 11 is 0. The summed E-state index contributed by atoms with van der Waals surface area (Å²) in [5, 5.41) is 0. The van der Waals surface area contributed by atoms with Gasteiger partial charge in [0.15, 0.2) is 17.3 Å². The molecule has 170 valence electrons. The number of ketones is 2. The zero-order valence-electron chi connectivity index (χ0n) is 18.9. The standard InChI is InChI=1S/C24H35N3O4/c1-14(28)24(31-20(30)13-27-21(25)26)11-8-19-17-5-4-15-12-16(29)6-9-22(15,2)18(17)7-10-23(19,24)3/h4,17-19H,5-13H2,1-3H3,(H4,25,26,27)/t17?,18?,19?,22?,23?,24-/m0/s1. The van der Waals surface area contributed by atoms with Crippen LogP contribution in [0.1, 0.15) is 72.1 Å². The van der Waals surface area contributed by atoms with Crippen LogP contribution in [0, 0.1) is 28.6 Å². The Morgan fingerprint density at radius 3 is 2.55 bits per heavy atom. The van der Waals surface area contributed by atoms with Crippen molar-refractivity contribution in [3.8, 4) is 0 Å². The van der Waals surface area contributed by atoms with E-state index in [2.05, 4.69) is 24.9 Å². The van der Waals surface area contributed by atoms with Gasteiger partial charge in [-0.15, -0.1) is 0 Å². The first-order chi connectivity index (χ1) is 14.5. The first-order valence-electron chi connectivity index (χ1n) is 11.5. The molecule has 0 aliphatic heterocycles. The largest absolute Gasteiger partial charge is 0.449 e. The summed E-state index contributed by atoms with van der Waals surface area (Å²) in [5.74, 6) is 0.794. The van der Waals surface area contributed by atoms with Crippen molar-refractivity contribution in [1.82, 2.24) is 0 Å². The van der Waals surface area contributed by atoms with Crippen LogP contribution in [0.2, 0.25) is 0 Å². The highest BCUT2D eigenvalue weighted by molar-refractivity contribution is 5.90. The predicted octanol–water partition coefficient (Wildman–Crippen LogP) is 2.66. The van der Waals surface area contributed by atoms with E-state index in [-0.39, 0.29) is 23.7 Å². The zero-order valence-corrected chi connectivity index (χ0v) is 18.9. The molecule has 4 N–H and O–H groups in total. The van der Waals surface area contributed by atoms with Crippen LogP contribution in [-0.2, 0) is 19.1 Å². The number of allylic oxidation sites excluding steroid dienone is 2. The Morgan fingerprint density at radius 2 is 1.87 bits per heavy atom. The molecule has 0 saturated heterocycles. The summed E-state index contributed by atoms with van der Waals surface area (Å²) in [4.78, 5) is 41.3. The van der Waals surface area contributed by atoms with Crippen molar-refractivity contribution in [2.45, 2.75) is 77.7 Å². The summed E-state index contributed by atoms with van der Waals surface area (Å²) < 4.78 is 5.94. The van der Waals surface area contributed by atoms with Crippen molar-refractivity contribution in [1.29, 1.82) is 0 Å². The Morgan fingerprint density at radius 1 is 1.16 bits per heavy atom. The van der Waals surface area contributed by atoms with Crippen molar-refractivity contribution < 1.29 is 19.1 Å². The molecule has 0 heterocycles. The van der Waals surface area contributed by atoms with E-state index in [1.807, 2.05) is 0 Å². The topological polar surface area (TPSA) is 125 Å². The normalized spacial score (nSPS) is 41.3. The Hall–Kier alpha value is -2.18. The molecular formula is C24H35N3O4. The van der Waals surface area contributed by atoms with Gasteiger partial charge in [0.2, 0.25) is 0 Å². The van der Waals surface area contributed by atoms with Gasteiger partial charge >= 0.3 is 5.97 Å². The number of esters is 1. The summed E-state index contributed by atoms with van der Waals surface area (Å²) in [5.41, 5.74) is 10.6. The molecule has 4 aliphatic carbocycles. The first kappa shape index (κ1) is 22.0. The number of aliphatic imine (C=N–C) groups is 1. The quantitative estimate of drug-likeness (QED) is 0.306. The fraction of sp³-hybridized carbons (Fsp3) is 0.750. The van der Waals surface area contributed by atoms with Crippen LogP contribution in [-0.4, -0.2) is 35.6 Å². The fourth-order valence-corrected chi connectivity index (χ4v) is 7.68. The average molecular weight is 430 g/mol. The lowest BCUT2D eigenvalue weighted by atomic mass is 9.47. The lowest BCUT2D eigenvalue weighted by Gasteiger charge is -2.58. The Labute approximate surface area is 184 Å². The third-order valence-corrected chi connectivity index (χ3v) is 9.30. The van der Waals surface area contributed by atoms with Crippen molar-refractivity contribution in [2.24, 2.45) is 45.0 Å². The Bertz CT molecular complexity index is 876. The molecule has 0 aromatic rings. The van der Waals surface area contributed by atoms with Gasteiger partial charge in [-0.05, 0) is 68.6 Å². The second-order valence-corrected chi connectivity index (χ2v) is 10.6. The monoisotopic (exact) mass is 429 g/mol. The van der Waals surface area contributed by atoms with Crippen LogP contribution < -0.4 is 11.5 Å². The number of hydrogen-bond acceptors (Lipinski definition) is 5. The van der Waals surface area contributed by atoms with Gasteiger partial charge in [-0.1, -0.05) is 25.5 Å². The average Bonchev–Trinajstić information content (AvgIpc) is 3.00. The van der Waals surface area contributed by atoms with Gasteiger partial charge in [0.25, 0.3) is 0 Å². The van der Waals surface area contributed by atoms with E-state index in [9.17, 15) is 14.4 Å². The van der Waals surface area contributed by atoms with Gasteiger partial charge in [0, 0.05) is 18.3 Å². The van der Waals surface area contributed by atoms with E-state index < -0.39 is 17.0 Å². The first-order valence-corrected chi connectivity index (χ1v) is 11.5. The van der Waals surface area contributed by atoms with Crippen LogP contribution in [0.5, 0.6) is 0 Å². The number of fused-ring (bicyclic) bond motifs is 5. The molecule has 0 radical (unpaired) electrons. The second kappa shape index (κ2) is 7.45. The van der Waals surface area contributed by atoms with Crippen LogP contribution in [0.3, 0.4) is 0 Å². The number of carbonyl (C=O) groups excluding carboxylic acids is 3. The molecule has 6 atom stereocenters. The maximum Gasteiger partial charge on any atom is 0.328 e. The molecule has 7 nitrogen and oxygen atoms in total. The number of ether oxygens (including phenoxy) is 1. The van der Waals surface area contributed by atoms with E-state index >= 15 is 0 Å². The molecule has 0 bridgehead atoms. The zero-order chi connectivity index (χ0) is 22.6. The highest BCUT2D eigenvalue weighted by atomic mass is 16.6. The minimum atomic E-state index is -1.12. The smallest absolute Gasteiger partial charge is 0.328 e. The van der Waals surface area contributed by atoms with Gasteiger partial charge in [-0.25, -0.2) is 4.99 Å². The molecule has 0 aromatic heterocycles. The molecular weight excluding hydrogens is 394 g/mol. The van der Waals surface area contributed by atoms with Gasteiger partial charge < -0.3 is 16.2 Å². The Balaban J connectivity index is 1.64. The highest BCUT2D eigenvalue weighted by Gasteiger charge is 2.67. The second-order valence-electron chi connectivity index (χ2n) is 10.6. The van der Waals surface area contributed by atoms with Crippen molar-refractivity contribution >= 4 is 23.5 Å². The number of Topliss-reactive ketones (excluding diaryl/α,β-unsaturated/α-hetero) is 2. The number of hydrogen-bond donors (Lipinski definition) is 2. The molecule has 7 heteroatoms. The summed E-state index contributed by atoms with van der Waals surface area (Å²) in [6, 6.07) is 0. The minimum absolute atomic E-state index is 0.0731. The number of guanidine groups is 1. The van der Waals surface area contributed by atoms with E-state index in [1.165, 1.54) is 5.57 Å². The molecule has 0 spiro atoms. The van der Waals surface area contributed by atoms with Crippen molar-refractivity contribution in [2.75, 3.05) is 6.54 Å². The van der Waals surface area contributed by atoms with Crippen molar-refractivity contribution in [3.05, 3.63) is 11.6 Å². The maximum absolute atomic E-state index is 13.0. The maximum atomic E-state index is 13.0. The summed E-state index contributed by atoms with van der Waals surface area (Å²) in [6.45, 7) is 5.75. The molecule has 3 fully saturated rings. The SMILES string of the molecule is CC(=O)[C@@]1(OC(=O)CN=C(N)N)CCC2C3CC=C4CC(=O)CCC4(C)C3CCC21C. The van der Waals surface area contributed by atoms with Crippen LogP contribution in [0.15, 0.2) is 16.6 Å². The molecule has 3 saturated carbocycles. The van der Waals surface area contributed by atoms with Crippen molar-refractivity contribution in [3.63, 3.8) is 0 Å². The number of carbonyl (C=O) groups is 3. The van der Waals surface area contributed by atoms with E-state index in [0.29, 0.717) is 42.8 Å². The number of nitrogens with two attached hydrogens (primary N) is 2. The number of rotatable bonds is 4. The fourth-order valence-electron chi connectivity index (χ4n) is 7.68. The highest BCUT2D eigenvalue weighted by Crippen LogP contribution is 2.67. The van der Waals surface area contributed by atoms with Crippen LogP contribution >= 0.6 is 0 Å². The van der Waals surface area contributed by atoms with Gasteiger partial charge in [-0.3, -0.25) is 14.4 Å². The third kappa shape index (κ3) is 3.23. The molecule has 4 rings (SSSR count). The van der Waals surface area contributed by atoms with Gasteiger partial charge in [-0.2, -0.15) is 0 Å². The third-order valence-electron chi connectivity index (χ3n) is 9.30. The van der Waals surface area contributed by atoms with E-state index in [4.69, 9.17) is 16.2 Å². The van der Waals surface area contributed by atoms with E-state index in [1.54, 1.807) is 6.92 Å². The number of nitrogens with zero attached hydrogens (tertiary/aromatic N) is 1. The lowest BCUT2D eigenvalue weighted by molar-refractivity contribution is -0.187. The molecule has 31 heavy (non-hydrogen) atoms. The summed E-state index contributed by atoms with van der Waals surface area (Å²) in [7, 11) is 0. The lowest BCUT2D eigenvalue weighted by Crippen LogP contribution is -2.58.